The van der Waals surface area contributed by atoms with Crippen molar-refractivity contribution in [1.29, 1.82) is 0 Å². The summed E-state index contributed by atoms with van der Waals surface area (Å²) in [6.45, 7) is 2.52. The van der Waals surface area contributed by atoms with Crippen LogP contribution in [0.4, 0.5) is 0 Å². The van der Waals surface area contributed by atoms with E-state index in [2.05, 4.69) is 5.32 Å². The van der Waals surface area contributed by atoms with Gasteiger partial charge in [-0.25, -0.2) is 0 Å². The maximum absolute atomic E-state index is 12.2. The lowest BCUT2D eigenvalue weighted by molar-refractivity contribution is 0.0950. The van der Waals surface area contributed by atoms with Crippen LogP contribution in [-0.4, -0.2) is 11.0 Å². The smallest absolute Gasteiger partial charge is 0.251 e. The van der Waals surface area contributed by atoms with Crippen molar-refractivity contribution in [2.24, 2.45) is 0 Å². The van der Waals surface area contributed by atoms with Crippen molar-refractivity contribution in [1.82, 2.24) is 5.32 Å². The SMILES string of the molecule is CCc1ccccc1C(=O)NCc1cccc(CO)c1. The highest BCUT2D eigenvalue weighted by Crippen LogP contribution is 2.10. The minimum absolute atomic E-state index is 0.0143. The van der Waals surface area contributed by atoms with Crippen molar-refractivity contribution in [2.45, 2.75) is 26.5 Å². The molecule has 0 aromatic heterocycles. The van der Waals surface area contributed by atoms with E-state index in [1.165, 1.54) is 0 Å². The van der Waals surface area contributed by atoms with Crippen LogP contribution in [0.2, 0.25) is 0 Å². The van der Waals surface area contributed by atoms with E-state index in [0.29, 0.717) is 6.54 Å². The number of benzene rings is 2. The number of hydrogen-bond donors (Lipinski definition) is 2. The number of rotatable bonds is 5. The first-order valence-electron chi connectivity index (χ1n) is 6.79. The summed E-state index contributed by atoms with van der Waals surface area (Å²) in [5, 5.41) is 12.0. The molecule has 104 valence electrons. The first-order chi connectivity index (χ1) is 9.74. The summed E-state index contributed by atoms with van der Waals surface area (Å²) in [5.74, 6) is -0.0585. The Kier molecular flexibility index (Phi) is 4.91. The molecular weight excluding hydrogens is 250 g/mol. The van der Waals surface area contributed by atoms with Crippen LogP contribution in [0.3, 0.4) is 0 Å². The van der Waals surface area contributed by atoms with Crippen LogP contribution < -0.4 is 5.32 Å². The molecule has 0 spiro atoms. The lowest BCUT2D eigenvalue weighted by Gasteiger charge is -2.09. The number of amides is 1. The third-order valence-corrected chi connectivity index (χ3v) is 3.27. The maximum atomic E-state index is 12.2. The number of aliphatic hydroxyl groups is 1. The molecular formula is C17H19NO2. The zero-order valence-electron chi connectivity index (χ0n) is 11.6. The van der Waals surface area contributed by atoms with Crippen molar-refractivity contribution < 1.29 is 9.90 Å². The summed E-state index contributed by atoms with van der Waals surface area (Å²) in [5.41, 5.74) is 3.62. The molecule has 0 aliphatic rings. The molecule has 0 atom stereocenters. The standard InChI is InChI=1S/C17H19NO2/c1-2-15-8-3-4-9-16(15)17(20)18-11-13-6-5-7-14(10-13)12-19/h3-10,19H,2,11-12H2,1H3,(H,18,20). The fraction of sp³-hybridized carbons (Fsp3) is 0.235. The molecule has 2 rings (SSSR count). The molecule has 0 aliphatic heterocycles. The second kappa shape index (κ2) is 6.87. The Morgan fingerprint density at radius 2 is 1.85 bits per heavy atom. The molecule has 3 heteroatoms. The molecule has 1 amide bonds. The third-order valence-electron chi connectivity index (χ3n) is 3.27. The lowest BCUT2D eigenvalue weighted by atomic mass is 10.0. The van der Waals surface area contributed by atoms with Gasteiger partial charge in [0, 0.05) is 12.1 Å². The van der Waals surface area contributed by atoms with E-state index >= 15 is 0 Å². The van der Waals surface area contributed by atoms with Crippen LogP contribution in [0, 0.1) is 0 Å². The van der Waals surface area contributed by atoms with Crippen LogP contribution >= 0.6 is 0 Å². The van der Waals surface area contributed by atoms with Crippen molar-refractivity contribution in [3.8, 4) is 0 Å². The molecule has 0 fully saturated rings. The predicted octanol–water partition coefficient (Wildman–Crippen LogP) is 2.67. The molecule has 0 saturated carbocycles. The van der Waals surface area contributed by atoms with Crippen molar-refractivity contribution in [3.05, 3.63) is 70.8 Å². The molecule has 0 bridgehead atoms. The molecule has 0 aliphatic carbocycles. The zero-order chi connectivity index (χ0) is 14.4. The lowest BCUT2D eigenvalue weighted by Crippen LogP contribution is -2.24. The molecule has 0 unspecified atom stereocenters. The van der Waals surface area contributed by atoms with Gasteiger partial charge >= 0.3 is 0 Å². The largest absolute Gasteiger partial charge is 0.392 e. The Hall–Kier alpha value is -2.13. The first-order valence-corrected chi connectivity index (χ1v) is 6.79. The maximum Gasteiger partial charge on any atom is 0.251 e. The van der Waals surface area contributed by atoms with Gasteiger partial charge in [-0.2, -0.15) is 0 Å². The van der Waals surface area contributed by atoms with Gasteiger partial charge in [0.05, 0.1) is 6.61 Å². The third kappa shape index (κ3) is 3.45. The minimum atomic E-state index is -0.0585. The number of carbonyl (C=O) groups is 1. The van der Waals surface area contributed by atoms with Gasteiger partial charge in [0.25, 0.3) is 5.91 Å². The van der Waals surface area contributed by atoms with Crippen molar-refractivity contribution >= 4 is 5.91 Å². The summed E-state index contributed by atoms with van der Waals surface area (Å²) in [6.07, 6.45) is 0.837. The van der Waals surface area contributed by atoms with Crippen LogP contribution in [-0.2, 0) is 19.6 Å². The summed E-state index contributed by atoms with van der Waals surface area (Å²) in [6, 6.07) is 15.2. The second-order valence-corrected chi connectivity index (χ2v) is 4.67. The Morgan fingerprint density at radius 1 is 1.10 bits per heavy atom. The van der Waals surface area contributed by atoms with E-state index in [9.17, 15) is 4.79 Å². The Bertz CT molecular complexity index is 593. The van der Waals surface area contributed by atoms with Gasteiger partial charge in [-0.1, -0.05) is 49.4 Å². The fourth-order valence-corrected chi connectivity index (χ4v) is 2.17. The highest BCUT2D eigenvalue weighted by Gasteiger charge is 2.09. The van der Waals surface area contributed by atoms with Gasteiger partial charge in [0.15, 0.2) is 0 Å². The topological polar surface area (TPSA) is 49.3 Å². The predicted molar refractivity (Wildman–Crippen MR) is 79.4 cm³/mol. The minimum Gasteiger partial charge on any atom is -0.392 e. The Balaban J connectivity index is 2.04. The molecule has 0 heterocycles. The number of hydrogen-bond acceptors (Lipinski definition) is 2. The molecule has 20 heavy (non-hydrogen) atoms. The molecule has 0 radical (unpaired) electrons. The number of aryl methyl sites for hydroxylation is 1. The van der Waals surface area contributed by atoms with E-state index in [-0.39, 0.29) is 12.5 Å². The Morgan fingerprint density at radius 3 is 2.60 bits per heavy atom. The van der Waals surface area contributed by atoms with E-state index in [0.717, 1.165) is 28.7 Å². The van der Waals surface area contributed by atoms with Gasteiger partial charge < -0.3 is 10.4 Å². The zero-order valence-corrected chi connectivity index (χ0v) is 11.6. The molecule has 2 N–H and O–H groups in total. The van der Waals surface area contributed by atoms with E-state index in [1.807, 2.05) is 55.5 Å². The first kappa shape index (κ1) is 14.3. The van der Waals surface area contributed by atoms with Crippen LogP contribution in [0.25, 0.3) is 0 Å². The van der Waals surface area contributed by atoms with Gasteiger partial charge in [0.2, 0.25) is 0 Å². The Labute approximate surface area is 119 Å². The van der Waals surface area contributed by atoms with E-state index in [1.54, 1.807) is 0 Å². The second-order valence-electron chi connectivity index (χ2n) is 4.67. The van der Waals surface area contributed by atoms with Crippen LogP contribution in [0.15, 0.2) is 48.5 Å². The summed E-state index contributed by atoms with van der Waals surface area (Å²) in [4.78, 5) is 12.2. The molecule has 0 saturated heterocycles. The van der Waals surface area contributed by atoms with Gasteiger partial charge in [0.1, 0.15) is 0 Å². The fourth-order valence-electron chi connectivity index (χ4n) is 2.17. The molecule has 3 nitrogen and oxygen atoms in total. The summed E-state index contributed by atoms with van der Waals surface area (Å²) < 4.78 is 0. The number of carbonyl (C=O) groups excluding carboxylic acids is 1. The quantitative estimate of drug-likeness (QED) is 0.876. The van der Waals surface area contributed by atoms with Gasteiger partial charge in [-0.15, -0.1) is 0 Å². The number of aliphatic hydroxyl groups excluding tert-OH is 1. The summed E-state index contributed by atoms with van der Waals surface area (Å²) >= 11 is 0. The average molecular weight is 269 g/mol. The highest BCUT2D eigenvalue weighted by molar-refractivity contribution is 5.95. The molecule has 2 aromatic carbocycles. The van der Waals surface area contributed by atoms with Crippen LogP contribution in [0.1, 0.15) is 34.0 Å². The summed E-state index contributed by atoms with van der Waals surface area (Å²) in [7, 11) is 0. The number of nitrogens with one attached hydrogen (secondary N) is 1. The van der Waals surface area contributed by atoms with Crippen molar-refractivity contribution in [3.63, 3.8) is 0 Å². The highest BCUT2D eigenvalue weighted by atomic mass is 16.3. The van der Waals surface area contributed by atoms with Crippen LogP contribution in [0.5, 0.6) is 0 Å². The molecule has 2 aromatic rings. The average Bonchev–Trinajstić information content (AvgIpc) is 2.52. The van der Waals surface area contributed by atoms with E-state index < -0.39 is 0 Å². The van der Waals surface area contributed by atoms with E-state index in [4.69, 9.17) is 5.11 Å². The normalized spacial score (nSPS) is 10.3. The van der Waals surface area contributed by atoms with Crippen molar-refractivity contribution in [2.75, 3.05) is 0 Å². The van der Waals surface area contributed by atoms with Gasteiger partial charge in [-0.3, -0.25) is 4.79 Å². The van der Waals surface area contributed by atoms with Gasteiger partial charge in [-0.05, 0) is 29.2 Å². The monoisotopic (exact) mass is 269 g/mol.